The van der Waals surface area contributed by atoms with E-state index in [4.69, 9.17) is 25.8 Å². The predicted octanol–water partition coefficient (Wildman–Crippen LogP) is 6.37. The van der Waals surface area contributed by atoms with E-state index >= 15 is 0 Å². The molecule has 0 radical (unpaired) electrons. The number of nitrogens with zero attached hydrogens (tertiary/aromatic N) is 3. The molecule has 0 unspecified atom stereocenters. The Morgan fingerprint density at radius 1 is 1.14 bits per heavy atom. The molecule has 5 aromatic rings. The van der Waals surface area contributed by atoms with Gasteiger partial charge in [0.15, 0.2) is 0 Å². The van der Waals surface area contributed by atoms with E-state index in [-0.39, 0.29) is 19.2 Å². The summed E-state index contributed by atoms with van der Waals surface area (Å²) in [6.07, 6.45) is 1.28. The Hall–Kier alpha value is -3.85. The van der Waals surface area contributed by atoms with E-state index in [0.29, 0.717) is 55.6 Å². The van der Waals surface area contributed by atoms with Gasteiger partial charge in [-0.3, -0.25) is 4.68 Å². The maximum atomic E-state index is 13.3. The van der Waals surface area contributed by atoms with Crippen LogP contribution in [0.1, 0.15) is 46.3 Å². The fraction of sp³-hybridized carbons (Fsp3) is 0.333. The third kappa shape index (κ3) is 4.93. The summed E-state index contributed by atoms with van der Waals surface area (Å²) in [4.78, 5) is 13.3. The summed E-state index contributed by atoms with van der Waals surface area (Å²) in [5.41, 5.74) is 6.17. The van der Waals surface area contributed by atoms with Crippen molar-refractivity contribution in [1.29, 1.82) is 0 Å². The minimum absolute atomic E-state index is 0.241. The molecule has 3 heterocycles. The van der Waals surface area contributed by atoms with Crippen LogP contribution in [0.2, 0.25) is 5.02 Å². The molecule has 9 heteroatoms. The van der Waals surface area contributed by atoms with Gasteiger partial charge in [0, 0.05) is 28.9 Å². The van der Waals surface area contributed by atoms with Gasteiger partial charge in [0.2, 0.25) is 0 Å². The third-order valence-electron chi connectivity index (χ3n) is 7.89. The molecule has 0 aliphatic carbocycles. The first-order valence-electron chi connectivity index (χ1n) is 14.3. The van der Waals surface area contributed by atoms with Gasteiger partial charge in [-0.05, 0) is 55.3 Å². The summed E-state index contributed by atoms with van der Waals surface area (Å²) in [5.74, 6) is 0.467. The van der Waals surface area contributed by atoms with Gasteiger partial charge in [-0.25, -0.2) is 4.79 Å². The van der Waals surface area contributed by atoms with E-state index in [1.165, 1.54) is 0 Å². The molecule has 2 aromatic heterocycles. The first-order chi connectivity index (χ1) is 20.4. The van der Waals surface area contributed by atoms with Crippen LogP contribution in [0.4, 0.5) is 0 Å². The lowest BCUT2D eigenvalue weighted by molar-refractivity contribution is 0.0514. The number of ether oxygens (including phenoxy) is 3. The number of aryl methyl sites for hydroxylation is 3. The van der Waals surface area contributed by atoms with E-state index < -0.39 is 0 Å². The van der Waals surface area contributed by atoms with Crippen LogP contribution < -0.4 is 4.74 Å². The fourth-order valence-electron chi connectivity index (χ4n) is 6.12. The van der Waals surface area contributed by atoms with Gasteiger partial charge in [0.1, 0.15) is 11.4 Å². The number of aliphatic hydroxyl groups is 1. The first-order valence-corrected chi connectivity index (χ1v) is 14.7. The zero-order valence-electron chi connectivity index (χ0n) is 24.1. The van der Waals surface area contributed by atoms with Crippen LogP contribution >= 0.6 is 11.6 Å². The second kappa shape index (κ2) is 11.8. The molecule has 0 saturated carbocycles. The van der Waals surface area contributed by atoms with Crippen molar-refractivity contribution in [1.82, 2.24) is 14.3 Å². The molecule has 6 rings (SSSR count). The number of hydrogen-bond acceptors (Lipinski definition) is 6. The van der Waals surface area contributed by atoms with Crippen LogP contribution in [0, 0.1) is 6.92 Å². The number of fused-ring (bicyclic) bond motifs is 3. The number of hydrogen-bond donors (Lipinski definition) is 1. The van der Waals surface area contributed by atoms with Gasteiger partial charge in [-0.2, -0.15) is 5.10 Å². The van der Waals surface area contributed by atoms with E-state index in [9.17, 15) is 9.90 Å². The minimum atomic E-state index is -0.387. The number of benzene rings is 3. The largest absolute Gasteiger partial charge is 0.493 e. The average Bonchev–Trinajstić information content (AvgIpc) is 3.50. The van der Waals surface area contributed by atoms with Gasteiger partial charge in [-0.1, -0.05) is 48.0 Å². The molecule has 8 nitrogen and oxygen atoms in total. The molecule has 0 amide bonds. The van der Waals surface area contributed by atoms with Crippen molar-refractivity contribution in [3.63, 3.8) is 0 Å². The summed E-state index contributed by atoms with van der Waals surface area (Å²) < 4.78 is 21.3. The zero-order chi connectivity index (χ0) is 29.4. The summed E-state index contributed by atoms with van der Waals surface area (Å²) in [5, 5.41) is 18.5. The fourth-order valence-corrected chi connectivity index (χ4v) is 6.37. The number of carbonyl (C=O) groups is 1. The molecule has 42 heavy (non-hydrogen) atoms. The Labute approximate surface area is 249 Å². The highest BCUT2D eigenvalue weighted by Crippen LogP contribution is 2.43. The molecule has 218 valence electrons. The number of rotatable bonds is 9. The molecule has 1 N–H and O–H groups in total. The monoisotopic (exact) mass is 587 g/mol. The van der Waals surface area contributed by atoms with Crippen molar-refractivity contribution in [2.24, 2.45) is 7.05 Å². The number of aromatic nitrogens is 3. The van der Waals surface area contributed by atoms with Gasteiger partial charge in [0.05, 0.1) is 61.5 Å². The lowest BCUT2D eigenvalue weighted by Crippen LogP contribution is -2.17. The molecule has 0 fully saturated rings. The molecular weight excluding hydrogens is 554 g/mol. The summed E-state index contributed by atoms with van der Waals surface area (Å²) >= 11 is 6.89. The molecule has 0 spiro atoms. The number of esters is 1. The second-order valence-corrected chi connectivity index (χ2v) is 11.0. The van der Waals surface area contributed by atoms with Crippen LogP contribution in [0.15, 0.2) is 48.5 Å². The van der Waals surface area contributed by atoms with Gasteiger partial charge < -0.3 is 23.9 Å². The number of aliphatic hydroxyl groups excluding tert-OH is 1. The van der Waals surface area contributed by atoms with Crippen molar-refractivity contribution in [2.45, 2.75) is 46.4 Å². The summed E-state index contributed by atoms with van der Waals surface area (Å²) in [7, 11) is 1.86. The molecule has 1 aliphatic heterocycles. The number of halogens is 1. The highest BCUT2D eigenvalue weighted by Gasteiger charge is 2.29. The van der Waals surface area contributed by atoms with Crippen LogP contribution in [0.25, 0.3) is 32.8 Å². The maximum Gasteiger partial charge on any atom is 0.355 e. The Bertz CT molecular complexity index is 1810. The average molecular weight is 588 g/mol. The minimum Gasteiger partial charge on any atom is -0.493 e. The van der Waals surface area contributed by atoms with E-state index in [0.717, 1.165) is 55.4 Å². The lowest BCUT2D eigenvalue weighted by atomic mass is 9.97. The van der Waals surface area contributed by atoms with Crippen molar-refractivity contribution in [2.75, 3.05) is 19.8 Å². The second-order valence-electron chi connectivity index (χ2n) is 10.6. The smallest absolute Gasteiger partial charge is 0.355 e. The molecule has 0 bridgehead atoms. The van der Waals surface area contributed by atoms with Crippen molar-refractivity contribution in [3.8, 4) is 16.9 Å². The lowest BCUT2D eigenvalue weighted by Gasteiger charge is -2.17. The summed E-state index contributed by atoms with van der Waals surface area (Å²) in [6.45, 7) is 5.88. The summed E-state index contributed by atoms with van der Waals surface area (Å²) in [6, 6.07) is 16.2. The standard InChI is InChI=1S/C33H34ClN3O5/c1-4-41-33(39)32-23(10-7-14-42-28-17-20(2)16-21-8-5-6-9-22(21)28)24-11-12-25(34)29(31(24)36(32)3)30-26(18-38)35-37-13-15-40-19-27(30)37/h5-6,8-9,11-12,16-17,38H,4,7,10,13-15,18-19H2,1-3H3. The normalized spacial score (nSPS) is 13.1. The highest BCUT2D eigenvalue weighted by molar-refractivity contribution is 6.35. The number of carbonyl (C=O) groups excluding carboxylic acids is 1. The predicted molar refractivity (Wildman–Crippen MR) is 163 cm³/mol. The molecule has 0 saturated heterocycles. The molecule has 3 aromatic carbocycles. The van der Waals surface area contributed by atoms with E-state index in [1.54, 1.807) is 6.92 Å². The quantitative estimate of drug-likeness (QED) is 0.159. The Balaban J connectivity index is 1.40. The SMILES string of the molecule is CCOC(=O)c1c(CCCOc2cc(C)cc3ccccc23)c2ccc(Cl)c(-c3c(CO)nn4c3COCC4)c2n1C. The van der Waals surface area contributed by atoms with Crippen LogP contribution in [0.3, 0.4) is 0 Å². The molecule has 0 atom stereocenters. The van der Waals surface area contributed by atoms with Crippen molar-refractivity contribution in [3.05, 3.63) is 81.8 Å². The van der Waals surface area contributed by atoms with Crippen molar-refractivity contribution >= 4 is 39.2 Å². The topological polar surface area (TPSA) is 87.7 Å². The van der Waals surface area contributed by atoms with Gasteiger partial charge >= 0.3 is 5.97 Å². The van der Waals surface area contributed by atoms with Crippen LogP contribution in [-0.4, -0.2) is 45.2 Å². The van der Waals surface area contributed by atoms with Crippen molar-refractivity contribution < 1.29 is 24.1 Å². The zero-order valence-corrected chi connectivity index (χ0v) is 24.8. The van der Waals surface area contributed by atoms with E-state index in [1.807, 2.05) is 40.6 Å². The maximum absolute atomic E-state index is 13.3. The Morgan fingerprint density at radius 3 is 2.79 bits per heavy atom. The molecular formula is C33H34ClN3O5. The highest BCUT2D eigenvalue weighted by atomic mass is 35.5. The van der Waals surface area contributed by atoms with Crippen LogP contribution in [-0.2, 0) is 42.7 Å². The molecule has 1 aliphatic rings. The van der Waals surface area contributed by atoms with Crippen LogP contribution in [0.5, 0.6) is 5.75 Å². The third-order valence-corrected chi connectivity index (χ3v) is 8.21. The van der Waals surface area contributed by atoms with E-state index in [2.05, 4.69) is 36.3 Å². The van der Waals surface area contributed by atoms with Gasteiger partial charge in [-0.15, -0.1) is 0 Å². The Kier molecular flexibility index (Phi) is 7.94. The Morgan fingerprint density at radius 2 is 1.98 bits per heavy atom. The first kappa shape index (κ1) is 28.3. The van der Waals surface area contributed by atoms with Gasteiger partial charge in [0.25, 0.3) is 0 Å².